The number of halogens is 1. The predicted octanol–water partition coefficient (Wildman–Crippen LogP) is 2.69. The summed E-state index contributed by atoms with van der Waals surface area (Å²) in [6, 6.07) is 5.52. The van der Waals surface area contributed by atoms with Crippen LogP contribution >= 0.6 is 11.6 Å². The van der Waals surface area contributed by atoms with E-state index in [0.717, 1.165) is 17.1 Å². The minimum Gasteiger partial charge on any atom is -0.495 e. The van der Waals surface area contributed by atoms with Crippen LogP contribution in [0.2, 0.25) is 5.02 Å². The quantitative estimate of drug-likeness (QED) is 0.945. The molecule has 0 saturated carbocycles. The van der Waals surface area contributed by atoms with Crippen molar-refractivity contribution in [1.29, 1.82) is 0 Å². The second kappa shape index (κ2) is 5.42. The standard InChI is InChI=1S/C14H19ClN4O/c1-14(2,3)13-11(8-16)17-18-19(13)9-5-6-12(20-4)10(15)7-9/h5-7H,8,16H2,1-4H3. The van der Waals surface area contributed by atoms with E-state index in [1.807, 2.05) is 18.2 Å². The molecule has 2 N–H and O–H groups in total. The van der Waals surface area contributed by atoms with Crippen molar-refractivity contribution < 1.29 is 4.74 Å². The summed E-state index contributed by atoms with van der Waals surface area (Å²) < 4.78 is 6.95. The first-order chi connectivity index (χ1) is 9.38. The zero-order chi connectivity index (χ0) is 14.9. The van der Waals surface area contributed by atoms with Gasteiger partial charge in [-0.05, 0) is 18.2 Å². The summed E-state index contributed by atoms with van der Waals surface area (Å²) in [7, 11) is 1.59. The third-order valence-electron chi connectivity index (χ3n) is 3.02. The molecule has 0 aliphatic heterocycles. The molecule has 0 spiro atoms. The molecule has 1 heterocycles. The minimum atomic E-state index is -0.120. The van der Waals surface area contributed by atoms with E-state index in [1.54, 1.807) is 11.8 Å². The summed E-state index contributed by atoms with van der Waals surface area (Å²) in [6.45, 7) is 6.67. The topological polar surface area (TPSA) is 66.0 Å². The Morgan fingerprint density at radius 2 is 2.05 bits per heavy atom. The van der Waals surface area contributed by atoms with Gasteiger partial charge < -0.3 is 10.5 Å². The van der Waals surface area contributed by atoms with Gasteiger partial charge in [-0.15, -0.1) is 5.10 Å². The number of nitrogens with two attached hydrogens (primary N) is 1. The first-order valence-corrected chi connectivity index (χ1v) is 6.75. The fourth-order valence-corrected chi connectivity index (χ4v) is 2.42. The molecule has 1 aromatic heterocycles. The van der Waals surface area contributed by atoms with E-state index in [0.29, 0.717) is 17.3 Å². The van der Waals surface area contributed by atoms with Crippen LogP contribution in [0.15, 0.2) is 18.2 Å². The molecular weight excluding hydrogens is 276 g/mol. The third-order valence-corrected chi connectivity index (χ3v) is 3.32. The molecule has 2 rings (SSSR count). The highest BCUT2D eigenvalue weighted by molar-refractivity contribution is 6.32. The van der Waals surface area contributed by atoms with E-state index >= 15 is 0 Å². The molecule has 0 amide bonds. The maximum atomic E-state index is 6.18. The van der Waals surface area contributed by atoms with Gasteiger partial charge in [-0.1, -0.05) is 37.6 Å². The van der Waals surface area contributed by atoms with E-state index in [4.69, 9.17) is 22.1 Å². The van der Waals surface area contributed by atoms with Gasteiger partial charge in [0.1, 0.15) is 11.4 Å². The van der Waals surface area contributed by atoms with Gasteiger partial charge in [-0.25, -0.2) is 4.68 Å². The molecule has 0 saturated heterocycles. The lowest BCUT2D eigenvalue weighted by atomic mass is 9.90. The average Bonchev–Trinajstić information content (AvgIpc) is 2.82. The monoisotopic (exact) mass is 294 g/mol. The predicted molar refractivity (Wildman–Crippen MR) is 79.5 cm³/mol. The van der Waals surface area contributed by atoms with Crippen molar-refractivity contribution in [1.82, 2.24) is 15.0 Å². The summed E-state index contributed by atoms with van der Waals surface area (Å²) in [4.78, 5) is 0. The second-order valence-electron chi connectivity index (χ2n) is 5.57. The summed E-state index contributed by atoms with van der Waals surface area (Å²) in [6.07, 6.45) is 0. The van der Waals surface area contributed by atoms with Crippen LogP contribution in [0, 0.1) is 0 Å². The molecule has 0 fully saturated rings. The molecule has 0 unspecified atom stereocenters. The van der Waals surface area contributed by atoms with Gasteiger partial charge in [0.2, 0.25) is 0 Å². The van der Waals surface area contributed by atoms with Crippen molar-refractivity contribution in [2.24, 2.45) is 5.73 Å². The van der Waals surface area contributed by atoms with E-state index in [9.17, 15) is 0 Å². The first-order valence-electron chi connectivity index (χ1n) is 6.37. The molecule has 2 aromatic rings. The van der Waals surface area contributed by atoms with Crippen molar-refractivity contribution in [3.63, 3.8) is 0 Å². The van der Waals surface area contributed by atoms with Gasteiger partial charge in [0, 0.05) is 12.0 Å². The zero-order valence-electron chi connectivity index (χ0n) is 12.1. The van der Waals surface area contributed by atoms with E-state index in [1.165, 1.54) is 0 Å². The normalized spacial score (nSPS) is 11.7. The second-order valence-corrected chi connectivity index (χ2v) is 5.98. The Morgan fingerprint density at radius 3 is 2.55 bits per heavy atom. The summed E-state index contributed by atoms with van der Waals surface area (Å²) in [5, 5.41) is 8.91. The molecule has 1 aromatic carbocycles. The van der Waals surface area contributed by atoms with E-state index in [-0.39, 0.29) is 5.41 Å². The smallest absolute Gasteiger partial charge is 0.137 e. The largest absolute Gasteiger partial charge is 0.495 e. The Labute approximate surface area is 123 Å². The molecule has 0 aliphatic rings. The summed E-state index contributed by atoms with van der Waals surface area (Å²) >= 11 is 6.18. The highest BCUT2D eigenvalue weighted by Crippen LogP contribution is 2.30. The Bertz CT molecular complexity index is 616. The molecule has 0 atom stereocenters. The number of hydrogen-bond acceptors (Lipinski definition) is 4. The zero-order valence-corrected chi connectivity index (χ0v) is 12.9. The highest BCUT2D eigenvalue weighted by Gasteiger charge is 2.25. The Morgan fingerprint density at radius 1 is 1.35 bits per heavy atom. The van der Waals surface area contributed by atoms with Crippen molar-refractivity contribution in [2.45, 2.75) is 32.7 Å². The van der Waals surface area contributed by atoms with Gasteiger partial charge in [0.05, 0.1) is 23.5 Å². The van der Waals surface area contributed by atoms with Crippen LogP contribution in [-0.4, -0.2) is 22.1 Å². The van der Waals surface area contributed by atoms with Crippen LogP contribution in [0.25, 0.3) is 5.69 Å². The van der Waals surface area contributed by atoms with Crippen molar-refractivity contribution in [3.8, 4) is 11.4 Å². The van der Waals surface area contributed by atoms with Crippen molar-refractivity contribution >= 4 is 11.6 Å². The maximum absolute atomic E-state index is 6.18. The lowest BCUT2D eigenvalue weighted by molar-refractivity contribution is 0.415. The summed E-state index contributed by atoms with van der Waals surface area (Å²) in [5.41, 5.74) is 8.26. The molecule has 108 valence electrons. The first kappa shape index (κ1) is 14.8. The van der Waals surface area contributed by atoms with Gasteiger partial charge in [-0.3, -0.25) is 0 Å². The fraction of sp³-hybridized carbons (Fsp3) is 0.429. The van der Waals surface area contributed by atoms with Crippen LogP contribution < -0.4 is 10.5 Å². The van der Waals surface area contributed by atoms with Gasteiger partial charge in [0.15, 0.2) is 0 Å². The van der Waals surface area contributed by atoms with Crippen LogP contribution in [0.3, 0.4) is 0 Å². The lowest BCUT2D eigenvalue weighted by Crippen LogP contribution is -2.20. The number of hydrogen-bond donors (Lipinski definition) is 1. The number of methoxy groups -OCH3 is 1. The molecule has 6 heteroatoms. The van der Waals surface area contributed by atoms with E-state index < -0.39 is 0 Å². The molecule has 0 bridgehead atoms. The van der Waals surface area contributed by atoms with E-state index in [2.05, 4.69) is 31.1 Å². The summed E-state index contributed by atoms with van der Waals surface area (Å²) in [5.74, 6) is 0.631. The number of aromatic nitrogens is 3. The molecule has 0 aliphatic carbocycles. The van der Waals surface area contributed by atoms with Gasteiger partial charge >= 0.3 is 0 Å². The molecule has 5 nitrogen and oxygen atoms in total. The highest BCUT2D eigenvalue weighted by atomic mass is 35.5. The number of rotatable bonds is 3. The van der Waals surface area contributed by atoms with Crippen LogP contribution in [0.4, 0.5) is 0 Å². The van der Waals surface area contributed by atoms with Gasteiger partial charge in [-0.2, -0.15) is 0 Å². The Balaban J connectivity index is 2.59. The maximum Gasteiger partial charge on any atom is 0.137 e. The van der Waals surface area contributed by atoms with Crippen LogP contribution in [0.1, 0.15) is 32.2 Å². The minimum absolute atomic E-state index is 0.120. The van der Waals surface area contributed by atoms with Gasteiger partial charge in [0.25, 0.3) is 0 Å². The van der Waals surface area contributed by atoms with Crippen LogP contribution in [0.5, 0.6) is 5.75 Å². The Hall–Kier alpha value is -1.59. The van der Waals surface area contributed by atoms with Crippen LogP contribution in [-0.2, 0) is 12.0 Å². The lowest BCUT2D eigenvalue weighted by Gasteiger charge is -2.21. The fourth-order valence-electron chi connectivity index (χ4n) is 2.17. The molecular formula is C14H19ClN4O. The molecule has 0 radical (unpaired) electrons. The number of ether oxygens (including phenoxy) is 1. The Kier molecular flexibility index (Phi) is 4.01. The third kappa shape index (κ3) is 2.64. The van der Waals surface area contributed by atoms with Crippen molar-refractivity contribution in [3.05, 3.63) is 34.6 Å². The average molecular weight is 295 g/mol. The van der Waals surface area contributed by atoms with Crippen molar-refractivity contribution in [2.75, 3.05) is 7.11 Å². The number of benzene rings is 1. The molecule has 20 heavy (non-hydrogen) atoms. The SMILES string of the molecule is COc1ccc(-n2nnc(CN)c2C(C)(C)C)cc1Cl. The number of nitrogens with zero attached hydrogens (tertiary/aromatic N) is 3.